The fraction of sp³-hybridized carbons (Fsp3) is 0.625. The van der Waals surface area contributed by atoms with Crippen molar-refractivity contribution in [1.82, 2.24) is 5.43 Å². The first kappa shape index (κ1) is 10.5. The van der Waals surface area contributed by atoms with E-state index in [1.807, 2.05) is 13.0 Å². The minimum Gasteiger partial charge on any atom is -0.312 e. The number of hydrogen-bond acceptors (Lipinski definition) is 2. The zero-order chi connectivity index (χ0) is 8.69. The third-order valence-electron chi connectivity index (χ3n) is 1.34. The Balaban J connectivity index is 4.15. The second-order valence-electron chi connectivity index (χ2n) is 2.19. The molecule has 0 bridgehead atoms. The Bertz CT molecular complexity index is 161. The molecule has 0 radical (unpaired) electrons. The van der Waals surface area contributed by atoms with Crippen molar-refractivity contribution in [2.75, 3.05) is 7.05 Å². The summed E-state index contributed by atoms with van der Waals surface area (Å²) in [6, 6.07) is 0. The highest BCUT2D eigenvalue weighted by atomic mass is 35.5. The average molecular weight is 175 g/mol. The van der Waals surface area contributed by atoms with Gasteiger partial charge < -0.3 is 5.43 Å². The molecule has 2 nitrogen and oxygen atoms in total. The summed E-state index contributed by atoms with van der Waals surface area (Å²) < 4.78 is 0. The fourth-order valence-electron chi connectivity index (χ4n) is 0.806. The van der Waals surface area contributed by atoms with Gasteiger partial charge in [-0.3, -0.25) is 0 Å². The second-order valence-corrected chi connectivity index (χ2v) is 2.55. The van der Waals surface area contributed by atoms with Crippen molar-refractivity contribution in [3.63, 3.8) is 0 Å². The van der Waals surface area contributed by atoms with Crippen molar-refractivity contribution in [1.29, 1.82) is 0 Å². The third-order valence-corrected chi connectivity index (χ3v) is 1.67. The first-order valence-corrected chi connectivity index (χ1v) is 4.19. The SMILES string of the molecule is C/C=C(CCC)\C(Cl)=N/NC. The molecule has 0 heterocycles. The minimum atomic E-state index is 0.567. The van der Waals surface area contributed by atoms with Gasteiger partial charge in [0.05, 0.1) is 0 Å². The van der Waals surface area contributed by atoms with E-state index in [4.69, 9.17) is 11.6 Å². The van der Waals surface area contributed by atoms with Crippen molar-refractivity contribution in [3.05, 3.63) is 11.6 Å². The molecular weight excluding hydrogens is 160 g/mol. The van der Waals surface area contributed by atoms with E-state index in [0.29, 0.717) is 5.17 Å². The third kappa shape index (κ3) is 4.04. The lowest BCUT2D eigenvalue weighted by Gasteiger charge is -2.01. The molecule has 0 fully saturated rings. The summed E-state index contributed by atoms with van der Waals surface area (Å²) in [6.45, 7) is 4.09. The van der Waals surface area contributed by atoms with E-state index in [9.17, 15) is 0 Å². The smallest absolute Gasteiger partial charge is 0.151 e. The Morgan fingerprint density at radius 1 is 1.64 bits per heavy atom. The zero-order valence-electron chi connectivity index (χ0n) is 7.32. The maximum atomic E-state index is 5.85. The van der Waals surface area contributed by atoms with Crippen molar-refractivity contribution < 1.29 is 0 Å². The van der Waals surface area contributed by atoms with Gasteiger partial charge in [0, 0.05) is 7.05 Å². The molecule has 3 heteroatoms. The summed E-state index contributed by atoms with van der Waals surface area (Å²) in [5.41, 5.74) is 3.76. The highest BCUT2D eigenvalue weighted by molar-refractivity contribution is 6.69. The van der Waals surface area contributed by atoms with Gasteiger partial charge in [0.1, 0.15) is 0 Å². The highest BCUT2D eigenvalue weighted by Gasteiger charge is 2.00. The second kappa shape index (κ2) is 6.23. The van der Waals surface area contributed by atoms with Crippen LogP contribution in [0, 0.1) is 0 Å². The summed E-state index contributed by atoms with van der Waals surface area (Å²) in [7, 11) is 1.74. The van der Waals surface area contributed by atoms with Crippen LogP contribution >= 0.6 is 11.6 Å². The van der Waals surface area contributed by atoms with Crippen molar-refractivity contribution >= 4 is 16.8 Å². The molecule has 0 saturated heterocycles. The van der Waals surface area contributed by atoms with Gasteiger partial charge in [-0.25, -0.2) is 0 Å². The van der Waals surface area contributed by atoms with Gasteiger partial charge >= 0.3 is 0 Å². The molecule has 11 heavy (non-hydrogen) atoms. The first-order chi connectivity index (χ1) is 5.26. The molecule has 0 atom stereocenters. The van der Waals surface area contributed by atoms with Crippen LogP contribution in [0.25, 0.3) is 0 Å². The Morgan fingerprint density at radius 3 is 2.64 bits per heavy atom. The molecule has 0 amide bonds. The van der Waals surface area contributed by atoms with Gasteiger partial charge in [0.2, 0.25) is 0 Å². The zero-order valence-corrected chi connectivity index (χ0v) is 8.07. The lowest BCUT2D eigenvalue weighted by atomic mass is 10.1. The highest BCUT2D eigenvalue weighted by Crippen LogP contribution is 2.09. The molecule has 0 saturated carbocycles. The molecular formula is C8H15ClN2. The first-order valence-electron chi connectivity index (χ1n) is 3.81. The van der Waals surface area contributed by atoms with Gasteiger partial charge in [-0.2, -0.15) is 5.10 Å². The number of hydrazone groups is 1. The van der Waals surface area contributed by atoms with Crippen LogP contribution in [0.1, 0.15) is 26.7 Å². The summed E-state index contributed by atoms with van der Waals surface area (Å²) in [4.78, 5) is 0. The predicted molar refractivity (Wildman–Crippen MR) is 51.0 cm³/mol. The van der Waals surface area contributed by atoms with Gasteiger partial charge in [-0.05, 0) is 18.9 Å². The topological polar surface area (TPSA) is 24.4 Å². The normalized spacial score (nSPS) is 13.5. The Morgan fingerprint density at radius 2 is 2.27 bits per heavy atom. The van der Waals surface area contributed by atoms with Crippen LogP contribution in [0.5, 0.6) is 0 Å². The van der Waals surface area contributed by atoms with Crippen LogP contribution in [0.4, 0.5) is 0 Å². The molecule has 0 aromatic rings. The molecule has 0 aliphatic heterocycles. The van der Waals surface area contributed by atoms with Crippen LogP contribution in [0.3, 0.4) is 0 Å². The van der Waals surface area contributed by atoms with E-state index in [1.165, 1.54) is 0 Å². The minimum absolute atomic E-state index is 0.567. The summed E-state index contributed by atoms with van der Waals surface area (Å²) in [5, 5.41) is 4.44. The Hall–Kier alpha value is -0.500. The molecule has 0 rings (SSSR count). The number of allylic oxidation sites excluding steroid dienone is 2. The number of hydrogen-bond donors (Lipinski definition) is 1. The van der Waals surface area contributed by atoms with Crippen LogP contribution in [-0.4, -0.2) is 12.2 Å². The molecule has 0 aromatic heterocycles. The number of halogens is 1. The van der Waals surface area contributed by atoms with E-state index in [1.54, 1.807) is 7.05 Å². The summed E-state index contributed by atoms with van der Waals surface area (Å²) >= 11 is 5.85. The molecule has 0 unspecified atom stereocenters. The van der Waals surface area contributed by atoms with E-state index >= 15 is 0 Å². The standard InChI is InChI=1S/C8H15ClN2/c1-4-6-7(5-2)8(9)11-10-3/h5,10H,4,6H2,1-3H3/b7-5-,11-8+. The van der Waals surface area contributed by atoms with Crippen molar-refractivity contribution in [2.24, 2.45) is 5.10 Å². The lowest BCUT2D eigenvalue weighted by molar-refractivity contribution is 0.891. The molecule has 0 aromatic carbocycles. The number of rotatable bonds is 4. The molecule has 0 aliphatic rings. The van der Waals surface area contributed by atoms with E-state index in [0.717, 1.165) is 18.4 Å². The maximum absolute atomic E-state index is 5.85. The summed E-state index contributed by atoms with van der Waals surface area (Å²) in [6.07, 6.45) is 4.07. The van der Waals surface area contributed by atoms with Crippen LogP contribution in [0.15, 0.2) is 16.8 Å². The van der Waals surface area contributed by atoms with E-state index in [2.05, 4.69) is 17.5 Å². The van der Waals surface area contributed by atoms with Crippen molar-refractivity contribution in [2.45, 2.75) is 26.7 Å². The van der Waals surface area contributed by atoms with Crippen LogP contribution in [0.2, 0.25) is 0 Å². The Labute approximate surface area is 73.3 Å². The fourth-order valence-corrected chi connectivity index (χ4v) is 1.09. The average Bonchev–Trinajstić information content (AvgIpc) is 2.00. The van der Waals surface area contributed by atoms with Crippen LogP contribution in [-0.2, 0) is 0 Å². The van der Waals surface area contributed by atoms with Gasteiger partial charge in [-0.1, -0.05) is 31.0 Å². The number of nitrogens with zero attached hydrogens (tertiary/aromatic N) is 1. The van der Waals surface area contributed by atoms with E-state index < -0.39 is 0 Å². The molecule has 64 valence electrons. The number of nitrogens with one attached hydrogen (secondary N) is 1. The largest absolute Gasteiger partial charge is 0.312 e. The molecule has 0 aliphatic carbocycles. The molecule has 1 N–H and O–H groups in total. The quantitative estimate of drug-likeness (QED) is 0.514. The summed E-state index contributed by atoms with van der Waals surface area (Å²) in [5.74, 6) is 0. The Kier molecular flexibility index (Phi) is 5.94. The van der Waals surface area contributed by atoms with Gasteiger partial charge in [0.15, 0.2) is 5.17 Å². The van der Waals surface area contributed by atoms with Crippen LogP contribution < -0.4 is 5.43 Å². The lowest BCUT2D eigenvalue weighted by Crippen LogP contribution is -2.02. The predicted octanol–water partition coefficient (Wildman–Crippen LogP) is 2.50. The van der Waals surface area contributed by atoms with E-state index in [-0.39, 0.29) is 0 Å². The maximum Gasteiger partial charge on any atom is 0.151 e. The van der Waals surface area contributed by atoms with Gasteiger partial charge in [0.25, 0.3) is 0 Å². The monoisotopic (exact) mass is 174 g/mol. The van der Waals surface area contributed by atoms with Crippen molar-refractivity contribution in [3.8, 4) is 0 Å². The molecule has 0 spiro atoms. The van der Waals surface area contributed by atoms with Gasteiger partial charge in [-0.15, -0.1) is 0 Å².